The van der Waals surface area contributed by atoms with Crippen molar-refractivity contribution >= 4 is 11.7 Å². The first kappa shape index (κ1) is 18.8. The molecular weight excluding hydrogens is 324 g/mol. The van der Waals surface area contributed by atoms with Crippen LogP contribution in [0.2, 0.25) is 0 Å². The second kappa shape index (κ2) is 7.57. The molecule has 1 aliphatic rings. The van der Waals surface area contributed by atoms with Gasteiger partial charge in [-0.2, -0.15) is 0 Å². The van der Waals surface area contributed by atoms with Crippen molar-refractivity contribution in [2.45, 2.75) is 13.0 Å². The molecule has 1 aromatic rings. The van der Waals surface area contributed by atoms with Crippen LogP contribution in [0, 0.1) is 0 Å². The lowest BCUT2D eigenvalue weighted by atomic mass is 9.95. The SMILES string of the molecule is COc1ccc([C@H]2C(C(C)=O)=C(O)C(=O)N2CC[NH+](C)C)c(OC)c1. The number of Topliss-reactive ketones (excluding diaryl/α,β-unsaturated/α-hetero) is 1. The third-order valence-corrected chi connectivity index (χ3v) is 4.27. The highest BCUT2D eigenvalue weighted by Crippen LogP contribution is 2.42. The maximum Gasteiger partial charge on any atom is 0.290 e. The average Bonchev–Trinajstić information content (AvgIpc) is 2.83. The molecule has 1 aliphatic heterocycles. The van der Waals surface area contributed by atoms with E-state index in [9.17, 15) is 14.7 Å². The molecule has 0 saturated heterocycles. The minimum Gasteiger partial charge on any atom is -0.503 e. The Morgan fingerprint density at radius 3 is 2.48 bits per heavy atom. The molecule has 1 amide bonds. The molecule has 25 heavy (non-hydrogen) atoms. The zero-order valence-corrected chi connectivity index (χ0v) is 15.3. The number of nitrogens with one attached hydrogen (secondary N) is 1. The van der Waals surface area contributed by atoms with Crippen LogP contribution in [0.1, 0.15) is 18.5 Å². The fourth-order valence-corrected chi connectivity index (χ4v) is 2.96. The summed E-state index contributed by atoms with van der Waals surface area (Å²) < 4.78 is 10.6. The number of ketones is 1. The van der Waals surface area contributed by atoms with Crippen LogP contribution in [0.4, 0.5) is 0 Å². The molecule has 7 nitrogen and oxygen atoms in total. The quantitative estimate of drug-likeness (QED) is 0.732. The minimum absolute atomic E-state index is 0.0993. The number of likely N-dealkylation sites (N-methyl/N-ethyl adjacent to an activating group) is 1. The summed E-state index contributed by atoms with van der Waals surface area (Å²) in [6.45, 7) is 2.43. The normalized spacial score (nSPS) is 17.4. The highest BCUT2D eigenvalue weighted by Gasteiger charge is 2.43. The van der Waals surface area contributed by atoms with Crippen molar-refractivity contribution in [3.8, 4) is 11.5 Å². The fraction of sp³-hybridized carbons (Fsp3) is 0.444. The molecule has 0 saturated carbocycles. The van der Waals surface area contributed by atoms with E-state index < -0.39 is 17.7 Å². The molecule has 1 heterocycles. The summed E-state index contributed by atoms with van der Waals surface area (Å²) in [6.07, 6.45) is 0. The van der Waals surface area contributed by atoms with E-state index in [-0.39, 0.29) is 11.4 Å². The smallest absolute Gasteiger partial charge is 0.290 e. The van der Waals surface area contributed by atoms with Crippen molar-refractivity contribution in [2.24, 2.45) is 0 Å². The maximum absolute atomic E-state index is 12.5. The molecule has 1 aromatic carbocycles. The van der Waals surface area contributed by atoms with Crippen LogP contribution in [-0.2, 0) is 9.59 Å². The number of quaternary nitrogens is 1. The Morgan fingerprint density at radius 2 is 1.96 bits per heavy atom. The topological polar surface area (TPSA) is 80.5 Å². The summed E-state index contributed by atoms with van der Waals surface area (Å²) in [6, 6.07) is 4.52. The lowest BCUT2D eigenvalue weighted by Gasteiger charge is -2.28. The van der Waals surface area contributed by atoms with Crippen molar-refractivity contribution in [3.63, 3.8) is 0 Å². The molecule has 2 rings (SSSR count). The first-order valence-electron chi connectivity index (χ1n) is 8.07. The van der Waals surface area contributed by atoms with Crippen LogP contribution in [-0.4, -0.2) is 63.1 Å². The summed E-state index contributed by atoms with van der Waals surface area (Å²) in [5.74, 6) is -0.258. The second-order valence-electron chi connectivity index (χ2n) is 6.28. The number of methoxy groups -OCH3 is 2. The van der Waals surface area contributed by atoms with Crippen molar-refractivity contribution in [3.05, 3.63) is 35.1 Å². The molecule has 0 bridgehead atoms. The maximum atomic E-state index is 12.5. The number of aliphatic hydroxyl groups is 1. The van der Waals surface area contributed by atoms with Gasteiger partial charge in [0.05, 0.1) is 53.0 Å². The number of benzene rings is 1. The monoisotopic (exact) mass is 349 g/mol. The van der Waals surface area contributed by atoms with Crippen LogP contribution < -0.4 is 14.4 Å². The number of aliphatic hydroxyl groups excluding tert-OH is 1. The van der Waals surface area contributed by atoms with Gasteiger partial charge in [-0.3, -0.25) is 9.59 Å². The molecule has 0 unspecified atom stereocenters. The molecular formula is C18H25N2O5+. The molecule has 1 atom stereocenters. The van der Waals surface area contributed by atoms with E-state index in [0.29, 0.717) is 30.2 Å². The predicted molar refractivity (Wildman–Crippen MR) is 92.0 cm³/mol. The van der Waals surface area contributed by atoms with Crippen molar-refractivity contribution in [1.29, 1.82) is 0 Å². The molecule has 0 aliphatic carbocycles. The summed E-state index contributed by atoms with van der Waals surface area (Å²) in [7, 11) is 7.01. The Hall–Kier alpha value is -2.54. The van der Waals surface area contributed by atoms with Crippen LogP contribution in [0.5, 0.6) is 11.5 Å². The number of nitrogens with zero attached hydrogens (tertiary/aromatic N) is 1. The molecule has 7 heteroatoms. The van der Waals surface area contributed by atoms with E-state index >= 15 is 0 Å². The summed E-state index contributed by atoms with van der Waals surface area (Å²) in [4.78, 5) is 27.3. The van der Waals surface area contributed by atoms with Crippen LogP contribution in [0.25, 0.3) is 0 Å². The van der Waals surface area contributed by atoms with Gasteiger partial charge < -0.3 is 24.4 Å². The minimum atomic E-state index is -0.676. The Morgan fingerprint density at radius 1 is 1.28 bits per heavy atom. The Bertz CT molecular complexity index is 711. The summed E-state index contributed by atoms with van der Waals surface area (Å²) in [5, 5.41) is 10.3. The lowest BCUT2D eigenvalue weighted by molar-refractivity contribution is -0.857. The van der Waals surface area contributed by atoms with Crippen LogP contribution in [0.3, 0.4) is 0 Å². The van der Waals surface area contributed by atoms with Gasteiger partial charge in [0.1, 0.15) is 11.5 Å². The summed E-state index contributed by atoms with van der Waals surface area (Å²) >= 11 is 0. The van der Waals surface area contributed by atoms with Gasteiger partial charge in [0.25, 0.3) is 5.91 Å². The average molecular weight is 349 g/mol. The van der Waals surface area contributed by atoms with Crippen molar-refractivity contribution < 1.29 is 29.1 Å². The number of carbonyl (C=O) groups is 2. The van der Waals surface area contributed by atoms with Gasteiger partial charge in [0.15, 0.2) is 11.5 Å². The molecule has 0 aromatic heterocycles. The van der Waals surface area contributed by atoms with E-state index in [0.717, 1.165) is 4.90 Å². The highest BCUT2D eigenvalue weighted by molar-refractivity contribution is 6.08. The van der Waals surface area contributed by atoms with Crippen LogP contribution >= 0.6 is 0 Å². The van der Waals surface area contributed by atoms with Gasteiger partial charge in [0, 0.05) is 11.6 Å². The Kier molecular flexibility index (Phi) is 5.69. The lowest BCUT2D eigenvalue weighted by Crippen LogP contribution is -3.06. The number of hydrogen-bond acceptors (Lipinski definition) is 5. The predicted octanol–water partition coefficient (Wildman–Crippen LogP) is 0.133. The van der Waals surface area contributed by atoms with Gasteiger partial charge >= 0.3 is 0 Å². The largest absolute Gasteiger partial charge is 0.503 e. The number of ether oxygens (including phenoxy) is 2. The zero-order chi connectivity index (χ0) is 18.7. The van der Waals surface area contributed by atoms with Crippen LogP contribution in [0.15, 0.2) is 29.5 Å². The standard InChI is InChI=1S/C18H24N2O5/c1-11(21)15-16(13-7-6-12(24-4)10-14(13)25-5)20(9-8-19(2)3)18(23)17(15)22/h6-7,10,16,22H,8-9H2,1-5H3/p+1/t16-/m0/s1. The number of carbonyl (C=O) groups excluding carboxylic acids is 2. The molecule has 2 N–H and O–H groups in total. The molecule has 136 valence electrons. The third-order valence-electron chi connectivity index (χ3n) is 4.27. The van der Waals surface area contributed by atoms with E-state index in [1.807, 2.05) is 14.1 Å². The van der Waals surface area contributed by atoms with Gasteiger partial charge in [-0.25, -0.2) is 0 Å². The van der Waals surface area contributed by atoms with Crippen molar-refractivity contribution in [2.75, 3.05) is 41.4 Å². The van der Waals surface area contributed by atoms with E-state index in [1.165, 1.54) is 18.9 Å². The van der Waals surface area contributed by atoms with Gasteiger partial charge in [-0.15, -0.1) is 0 Å². The number of amides is 1. The Labute approximate surface area is 147 Å². The summed E-state index contributed by atoms with van der Waals surface area (Å²) in [5.41, 5.74) is 0.738. The number of hydrogen-bond donors (Lipinski definition) is 2. The van der Waals surface area contributed by atoms with Gasteiger partial charge in [-0.1, -0.05) is 0 Å². The molecule has 0 spiro atoms. The zero-order valence-electron chi connectivity index (χ0n) is 15.3. The highest BCUT2D eigenvalue weighted by atomic mass is 16.5. The first-order valence-corrected chi connectivity index (χ1v) is 8.07. The van der Waals surface area contributed by atoms with Gasteiger partial charge in [-0.05, 0) is 19.1 Å². The second-order valence-corrected chi connectivity index (χ2v) is 6.28. The van der Waals surface area contributed by atoms with E-state index in [2.05, 4.69) is 0 Å². The molecule has 0 radical (unpaired) electrons. The molecule has 0 fully saturated rings. The van der Waals surface area contributed by atoms with Crippen molar-refractivity contribution in [1.82, 2.24) is 4.90 Å². The fourth-order valence-electron chi connectivity index (χ4n) is 2.96. The third kappa shape index (κ3) is 3.61. The van der Waals surface area contributed by atoms with E-state index in [4.69, 9.17) is 9.47 Å². The van der Waals surface area contributed by atoms with E-state index in [1.54, 1.807) is 25.3 Å². The number of rotatable bonds is 7. The van der Waals surface area contributed by atoms with Gasteiger partial charge in [0.2, 0.25) is 0 Å². The Balaban J connectivity index is 2.55. The first-order chi connectivity index (χ1) is 11.8.